The van der Waals surface area contributed by atoms with Crippen LogP contribution in [-0.2, 0) is 30.3 Å². The molecule has 1 aromatic rings. The maximum Gasteiger partial charge on any atom is 0.164 e. The highest BCUT2D eigenvalue weighted by Gasteiger charge is 2.53. The number of allylic oxidation sites excluding steroid dienone is 1. The number of hydrogen-bond donors (Lipinski definition) is 0. The third-order valence-electron chi connectivity index (χ3n) is 5.44. The zero-order chi connectivity index (χ0) is 19.9. The fourth-order valence-electron chi connectivity index (χ4n) is 4.23. The molecule has 0 aromatic heterocycles. The number of rotatable bonds is 4. The van der Waals surface area contributed by atoms with Crippen LogP contribution in [0.2, 0.25) is 0 Å². The lowest BCUT2D eigenvalue weighted by atomic mass is 9.93. The van der Waals surface area contributed by atoms with Gasteiger partial charge in [-0.2, -0.15) is 0 Å². The molecular formula is C22H29NO5. The van der Waals surface area contributed by atoms with Gasteiger partial charge in [-0.1, -0.05) is 30.3 Å². The van der Waals surface area contributed by atoms with Crippen LogP contribution in [0.25, 0.3) is 0 Å². The third-order valence-corrected chi connectivity index (χ3v) is 5.44. The molecule has 0 bridgehead atoms. The van der Waals surface area contributed by atoms with Gasteiger partial charge in [-0.05, 0) is 39.3 Å². The number of ketones is 1. The molecule has 0 spiro atoms. The summed E-state index contributed by atoms with van der Waals surface area (Å²) in [5.74, 6) is -1.28. The molecule has 4 atom stereocenters. The minimum Gasteiger partial charge on any atom is -0.367 e. The first-order valence-corrected chi connectivity index (χ1v) is 9.91. The van der Waals surface area contributed by atoms with E-state index in [2.05, 4.69) is 17.0 Å². The maximum absolute atomic E-state index is 12.3. The van der Waals surface area contributed by atoms with Crippen molar-refractivity contribution in [2.45, 2.75) is 76.6 Å². The van der Waals surface area contributed by atoms with E-state index in [0.717, 1.165) is 0 Å². The predicted molar refractivity (Wildman–Crippen MR) is 103 cm³/mol. The van der Waals surface area contributed by atoms with Crippen LogP contribution < -0.4 is 0 Å². The van der Waals surface area contributed by atoms with Crippen molar-refractivity contribution in [2.24, 2.45) is 0 Å². The van der Waals surface area contributed by atoms with Gasteiger partial charge in [0.05, 0.1) is 12.6 Å². The number of carbonyl (C=O) groups is 1. The van der Waals surface area contributed by atoms with Crippen molar-refractivity contribution in [3.05, 3.63) is 48.2 Å². The van der Waals surface area contributed by atoms with Crippen LogP contribution in [0.15, 0.2) is 42.6 Å². The summed E-state index contributed by atoms with van der Waals surface area (Å²) < 4.78 is 24.4. The lowest BCUT2D eigenvalue weighted by Gasteiger charge is -2.38. The number of ether oxygens (including phenoxy) is 4. The zero-order valence-electron chi connectivity index (χ0n) is 17.0. The van der Waals surface area contributed by atoms with Gasteiger partial charge >= 0.3 is 0 Å². The summed E-state index contributed by atoms with van der Waals surface area (Å²) in [7, 11) is 0. The van der Waals surface area contributed by atoms with Crippen molar-refractivity contribution in [1.82, 2.24) is 4.90 Å². The van der Waals surface area contributed by atoms with Crippen LogP contribution in [0.3, 0.4) is 0 Å². The van der Waals surface area contributed by atoms with Gasteiger partial charge in [0.25, 0.3) is 0 Å². The highest BCUT2D eigenvalue weighted by molar-refractivity contribution is 5.90. The number of hydrogen-bond acceptors (Lipinski definition) is 6. The summed E-state index contributed by atoms with van der Waals surface area (Å²) in [6.07, 6.45) is 3.08. The minimum absolute atomic E-state index is 0.102. The molecule has 152 valence electrons. The van der Waals surface area contributed by atoms with Gasteiger partial charge in [-0.15, -0.1) is 0 Å². The quantitative estimate of drug-likeness (QED) is 0.792. The first-order valence-electron chi connectivity index (χ1n) is 9.91. The second-order valence-electron chi connectivity index (χ2n) is 8.64. The summed E-state index contributed by atoms with van der Waals surface area (Å²) in [6.45, 7) is 8.76. The Bertz CT molecular complexity index is 745. The molecule has 0 N–H and O–H groups in total. The SMILES string of the molecule is CC1(C)O[C@@H]([C@H]2CC(=O)C=CN2Cc2ccccc2)[C@@H]([C@H]2COC(C)(C)O2)O1. The van der Waals surface area contributed by atoms with Gasteiger partial charge in [0.15, 0.2) is 17.4 Å². The molecule has 0 unspecified atom stereocenters. The van der Waals surface area contributed by atoms with Gasteiger partial charge in [0.2, 0.25) is 0 Å². The van der Waals surface area contributed by atoms with Crippen molar-refractivity contribution in [1.29, 1.82) is 0 Å². The van der Waals surface area contributed by atoms with E-state index in [-0.39, 0.29) is 30.1 Å². The normalized spacial score (nSPS) is 34.1. The Morgan fingerprint density at radius 1 is 1.00 bits per heavy atom. The average molecular weight is 387 g/mol. The van der Waals surface area contributed by atoms with Crippen LogP contribution in [-0.4, -0.2) is 53.2 Å². The molecule has 3 aliphatic heterocycles. The van der Waals surface area contributed by atoms with Gasteiger partial charge in [-0.3, -0.25) is 4.79 Å². The fourth-order valence-corrected chi connectivity index (χ4v) is 4.23. The van der Waals surface area contributed by atoms with Crippen molar-refractivity contribution in [3.63, 3.8) is 0 Å². The smallest absolute Gasteiger partial charge is 0.164 e. The van der Waals surface area contributed by atoms with E-state index in [0.29, 0.717) is 19.6 Å². The molecule has 0 radical (unpaired) electrons. The third kappa shape index (κ3) is 4.15. The van der Waals surface area contributed by atoms with Crippen molar-refractivity contribution < 1.29 is 23.7 Å². The Hall–Kier alpha value is -1.73. The molecule has 0 aliphatic carbocycles. The highest BCUT2D eigenvalue weighted by Crippen LogP contribution is 2.39. The van der Waals surface area contributed by atoms with Gasteiger partial charge < -0.3 is 23.8 Å². The number of carbonyl (C=O) groups excluding carboxylic acids is 1. The summed E-state index contributed by atoms with van der Waals surface area (Å²) in [4.78, 5) is 14.4. The maximum atomic E-state index is 12.3. The predicted octanol–water partition coefficient (Wildman–Crippen LogP) is 3.02. The molecule has 1 aromatic carbocycles. The van der Waals surface area contributed by atoms with E-state index in [9.17, 15) is 4.79 Å². The second-order valence-corrected chi connectivity index (χ2v) is 8.64. The fraction of sp³-hybridized carbons (Fsp3) is 0.591. The number of benzene rings is 1. The Morgan fingerprint density at radius 2 is 1.71 bits per heavy atom. The standard InChI is InChI=1S/C22H29NO5/c1-21(2)25-14-18(26-21)20-19(27-22(3,4)28-20)17-12-16(24)10-11-23(17)13-15-8-6-5-7-9-15/h5-11,17-20H,12-14H2,1-4H3/t17-,18-,19+,20-/m1/s1. The molecule has 3 aliphatic rings. The molecule has 0 saturated carbocycles. The Kier molecular flexibility index (Phi) is 5.08. The highest BCUT2D eigenvalue weighted by atomic mass is 16.8. The van der Waals surface area contributed by atoms with Crippen LogP contribution in [0.5, 0.6) is 0 Å². The second kappa shape index (κ2) is 7.26. The zero-order valence-corrected chi connectivity index (χ0v) is 17.0. The summed E-state index contributed by atoms with van der Waals surface area (Å²) >= 11 is 0. The molecule has 4 rings (SSSR count). The van der Waals surface area contributed by atoms with Crippen LogP contribution >= 0.6 is 0 Å². The van der Waals surface area contributed by atoms with Crippen molar-refractivity contribution >= 4 is 5.78 Å². The molecule has 6 nitrogen and oxygen atoms in total. The summed E-state index contributed by atoms with van der Waals surface area (Å²) in [5, 5.41) is 0. The molecule has 6 heteroatoms. The molecule has 2 fully saturated rings. The van der Waals surface area contributed by atoms with E-state index >= 15 is 0 Å². The van der Waals surface area contributed by atoms with Crippen molar-refractivity contribution in [3.8, 4) is 0 Å². The Balaban J connectivity index is 1.59. The topological polar surface area (TPSA) is 57.2 Å². The van der Waals surface area contributed by atoms with Crippen LogP contribution in [0.4, 0.5) is 0 Å². The van der Waals surface area contributed by atoms with Crippen molar-refractivity contribution in [2.75, 3.05) is 6.61 Å². The average Bonchev–Trinajstić information content (AvgIpc) is 3.16. The largest absolute Gasteiger partial charge is 0.367 e. The Morgan fingerprint density at radius 3 is 2.39 bits per heavy atom. The summed E-state index contributed by atoms with van der Waals surface area (Å²) in [5.41, 5.74) is 1.18. The van der Waals surface area contributed by atoms with Crippen LogP contribution in [0.1, 0.15) is 39.7 Å². The first kappa shape index (κ1) is 19.6. The first-order chi connectivity index (χ1) is 13.2. The van der Waals surface area contributed by atoms with E-state index < -0.39 is 11.6 Å². The molecule has 3 heterocycles. The van der Waals surface area contributed by atoms with E-state index in [1.54, 1.807) is 6.08 Å². The molecule has 2 saturated heterocycles. The van der Waals surface area contributed by atoms with Gasteiger partial charge in [0, 0.05) is 19.2 Å². The summed E-state index contributed by atoms with van der Waals surface area (Å²) in [6, 6.07) is 10.1. The van der Waals surface area contributed by atoms with Gasteiger partial charge in [-0.25, -0.2) is 0 Å². The molecular weight excluding hydrogens is 358 g/mol. The molecule has 0 amide bonds. The lowest BCUT2D eigenvalue weighted by molar-refractivity contribution is -0.175. The Labute approximate surface area is 166 Å². The van der Waals surface area contributed by atoms with E-state index in [1.165, 1.54) is 5.56 Å². The number of nitrogens with zero attached hydrogens (tertiary/aromatic N) is 1. The van der Waals surface area contributed by atoms with Gasteiger partial charge in [0.1, 0.15) is 18.3 Å². The van der Waals surface area contributed by atoms with E-state index in [1.807, 2.05) is 52.1 Å². The lowest BCUT2D eigenvalue weighted by Crippen LogP contribution is -2.51. The minimum atomic E-state index is -0.742. The molecule has 28 heavy (non-hydrogen) atoms. The monoisotopic (exact) mass is 387 g/mol. The van der Waals surface area contributed by atoms with E-state index in [4.69, 9.17) is 18.9 Å². The van der Waals surface area contributed by atoms with Crippen LogP contribution in [0, 0.1) is 0 Å².